The van der Waals surface area contributed by atoms with Crippen molar-refractivity contribution in [1.29, 1.82) is 0 Å². The molecule has 1 fully saturated rings. The van der Waals surface area contributed by atoms with Crippen LogP contribution in [0.1, 0.15) is 39.0 Å². The number of hydrogen-bond donors (Lipinski definition) is 1. The Labute approximate surface area is 108 Å². The lowest BCUT2D eigenvalue weighted by molar-refractivity contribution is 0.213. The van der Waals surface area contributed by atoms with E-state index >= 15 is 0 Å². The normalized spacial score (nSPS) is 22.9. The average molecular weight is 241 g/mol. The molecule has 0 saturated carbocycles. The molecule has 0 amide bonds. The molecule has 0 radical (unpaired) electrons. The first-order chi connectivity index (χ1) is 8.27. The summed E-state index contributed by atoms with van der Waals surface area (Å²) in [6, 6.07) is 0.814. The minimum absolute atomic E-state index is 0.814. The molecule has 1 saturated heterocycles. The van der Waals surface area contributed by atoms with Gasteiger partial charge >= 0.3 is 0 Å². The highest BCUT2D eigenvalue weighted by atomic mass is 15.2. The second-order valence-electron chi connectivity index (χ2n) is 5.36. The van der Waals surface area contributed by atoms with Gasteiger partial charge in [-0.3, -0.25) is 0 Å². The monoisotopic (exact) mass is 241 g/mol. The third-order valence-electron chi connectivity index (χ3n) is 3.89. The van der Waals surface area contributed by atoms with Crippen LogP contribution >= 0.6 is 0 Å². The molecule has 0 aliphatic carbocycles. The molecule has 1 atom stereocenters. The van der Waals surface area contributed by atoms with E-state index in [-0.39, 0.29) is 0 Å². The van der Waals surface area contributed by atoms with Gasteiger partial charge in [-0.05, 0) is 78.9 Å². The predicted octanol–water partition coefficient (Wildman–Crippen LogP) is 1.79. The first kappa shape index (κ1) is 14.9. The van der Waals surface area contributed by atoms with Gasteiger partial charge in [0, 0.05) is 6.04 Å². The fourth-order valence-corrected chi connectivity index (χ4v) is 2.81. The molecule has 1 aliphatic heterocycles. The molecule has 1 aliphatic rings. The van der Waals surface area contributed by atoms with E-state index in [9.17, 15) is 0 Å². The highest BCUT2D eigenvalue weighted by Gasteiger charge is 2.19. The number of rotatable bonds is 7. The molecule has 1 heterocycles. The second-order valence-corrected chi connectivity index (χ2v) is 5.36. The van der Waals surface area contributed by atoms with Gasteiger partial charge in [0.25, 0.3) is 0 Å². The fourth-order valence-electron chi connectivity index (χ4n) is 2.81. The molecule has 3 nitrogen and oxygen atoms in total. The van der Waals surface area contributed by atoms with E-state index in [1.165, 1.54) is 58.3 Å². The van der Waals surface area contributed by atoms with Crippen molar-refractivity contribution < 1.29 is 0 Å². The summed E-state index contributed by atoms with van der Waals surface area (Å²) in [5.74, 6) is 0. The lowest BCUT2D eigenvalue weighted by Crippen LogP contribution is -2.34. The minimum Gasteiger partial charge on any atom is -0.320 e. The summed E-state index contributed by atoms with van der Waals surface area (Å²) in [4.78, 5) is 5.22. The van der Waals surface area contributed by atoms with Crippen LogP contribution in [0, 0.1) is 0 Å². The van der Waals surface area contributed by atoms with Gasteiger partial charge in [-0.1, -0.05) is 6.92 Å². The lowest BCUT2D eigenvalue weighted by Gasteiger charge is -2.27. The van der Waals surface area contributed by atoms with Crippen molar-refractivity contribution >= 4 is 0 Å². The van der Waals surface area contributed by atoms with Gasteiger partial charge in [0.1, 0.15) is 0 Å². The lowest BCUT2D eigenvalue weighted by atomic mass is 10.1. The molecule has 0 aromatic heterocycles. The van der Waals surface area contributed by atoms with Gasteiger partial charge in [0.05, 0.1) is 0 Å². The van der Waals surface area contributed by atoms with E-state index in [1.807, 2.05) is 7.05 Å². The van der Waals surface area contributed by atoms with Crippen molar-refractivity contribution in [2.24, 2.45) is 0 Å². The zero-order valence-corrected chi connectivity index (χ0v) is 12.0. The van der Waals surface area contributed by atoms with E-state index in [4.69, 9.17) is 0 Å². The number of hydrogen-bond acceptors (Lipinski definition) is 3. The van der Waals surface area contributed by atoms with Crippen LogP contribution in [0.2, 0.25) is 0 Å². The third-order valence-corrected chi connectivity index (χ3v) is 3.89. The molecule has 1 N–H and O–H groups in total. The second kappa shape index (κ2) is 8.90. The van der Waals surface area contributed by atoms with E-state index in [0.29, 0.717) is 0 Å². The summed E-state index contributed by atoms with van der Waals surface area (Å²) >= 11 is 0. The van der Waals surface area contributed by atoms with Crippen LogP contribution in [-0.2, 0) is 0 Å². The molecule has 0 spiro atoms. The molecule has 0 bridgehead atoms. The number of nitrogens with one attached hydrogen (secondary N) is 1. The summed E-state index contributed by atoms with van der Waals surface area (Å²) in [6.07, 6.45) is 6.68. The Balaban J connectivity index is 2.24. The molecule has 0 aromatic rings. The SMILES string of the molecule is CCCN1CCCC(N(C)CCCNC)CC1. The quantitative estimate of drug-likeness (QED) is 0.686. The Kier molecular flexibility index (Phi) is 7.82. The Hall–Kier alpha value is -0.120. The van der Waals surface area contributed by atoms with Crippen molar-refractivity contribution in [1.82, 2.24) is 15.1 Å². The van der Waals surface area contributed by atoms with Gasteiger partial charge in [0.15, 0.2) is 0 Å². The third kappa shape index (κ3) is 5.84. The Bertz CT molecular complexity index is 184. The highest BCUT2D eigenvalue weighted by Crippen LogP contribution is 2.16. The molecule has 3 heteroatoms. The predicted molar refractivity (Wildman–Crippen MR) is 75.5 cm³/mol. The van der Waals surface area contributed by atoms with Crippen LogP contribution in [0.25, 0.3) is 0 Å². The fraction of sp³-hybridized carbons (Fsp3) is 1.00. The summed E-state index contributed by atoms with van der Waals surface area (Å²) in [5, 5.41) is 3.23. The van der Waals surface area contributed by atoms with Gasteiger partial charge in [0.2, 0.25) is 0 Å². The van der Waals surface area contributed by atoms with E-state index < -0.39 is 0 Å². The maximum absolute atomic E-state index is 3.23. The van der Waals surface area contributed by atoms with Crippen LogP contribution in [0.4, 0.5) is 0 Å². The molecule has 102 valence electrons. The van der Waals surface area contributed by atoms with Crippen LogP contribution in [0.15, 0.2) is 0 Å². The van der Waals surface area contributed by atoms with Gasteiger partial charge in [-0.2, -0.15) is 0 Å². The maximum Gasteiger partial charge on any atom is 0.0105 e. The molecule has 0 aromatic carbocycles. The zero-order valence-electron chi connectivity index (χ0n) is 12.0. The molecule has 1 unspecified atom stereocenters. The summed E-state index contributed by atoms with van der Waals surface area (Å²) < 4.78 is 0. The van der Waals surface area contributed by atoms with Crippen LogP contribution < -0.4 is 5.32 Å². The highest BCUT2D eigenvalue weighted by molar-refractivity contribution is 4.76. The molecule has 17 heavy (non-hydrogen) atoms. The van der Waals surface area contributed by atoms with Crippen molar-refractivity contribution in [2.75, 3.05) is 46.8 Å². The Morgan fingerprint density at radius 3 is 2.82 bits per heavy atom. The summed E-state index contributed by atoms with van der Waals surface area (Å²) in [5.41, 5.74) is 0. The first-order valence-electron chi connectivity index (χ1n) is 7.35. The van der Waals surface area contributed by atoms with Crippen LogP contribution in [-0.4, -0.2) is 62.7 Å². The van der Waals surface area contributed by atoms with E-state index in [0.717, 1.165) is 12.6 Å². The average Bonchev–Trinajstić information content (AvgIpc) is 2.55. The smallest absolute Gasteiger partial charge is 0.0105 e. The van der Waals surface area contributed by atoms with E-state index in [1.54, 1.807) is 0 Å². The van der Waals surface area contributed by atoms with Crippen LogP contribution in [0.5, 0.6) is 0 Å². The minimum atomic E-state index is 0.814. The van der Waals surface area contributed by atoms with Gasteiger partial charge < -0.3 is 15.1 Å². The van der Waals surface area contributed by atoms with Crippen LogP contribution in [0.3, 0.4) is 0 Å². The number of likely N-dealkylation sites (tertiary alicyclic amines) is 1. The summed E-state index contributed by atoms with van der Waals surface area (Å²) in [7, 11) is 4.34. The van der Waals surface area contributed by atoms with Crippen molar-refractivity contribution in [3.63, 3.8) is 0 Å². The van der Waals surface area contributed by atoms with Crippen molar-refractivity contribution in [3.8, 4) is 0 Å². The first-order valence-corrected chi connectivity index (χ1v) is 7.35. The zero-order chi connectivity index (χ0) is 12.5. The largest absolute Gasteiger partial charge is 0.320 e. The number of nitrogens with zero attached hydrogens (tertiary/aromatic N) is 2. The molecular formula is C14H31N3. The Morgan fingerprint density at radius 1 is 1.29 bits per heavy atom. The van der Waals surface area contributed by atoms with Crippen molar-refractivity contribution in [3.05, 3.63) is 0 Å². The van der Waals surface area contributed by atoms with Crippen molar-refractivity contribution in [2.45, 2.75) is 45.1 Å². The van der Waals surface area contributed by atoms with Gasteiger partial charge in [-0.15, -0.1) is 0 Å². The van der Waals surface area contributed by atoms with Gasteiger partial charge in [-0.25, -0.2) is 0 Å². The molecule has 1 rings (SSSR count). The standard InChI is InChI=1S/C14H31N3/c1-4-10-17-12-5-7-14(8-13-17)16(3)11-6-9-15-2/h14-15H,4-13H2,1-3H3. The maximum atomic E-state index is 3.23. The topological polar surface area (TPSA) is 18.5 Å². The molecular weight excluding hydrogens is 210 g/mol. The summed E-state index contributed by atoms with van der Waals surface area (Å²) in [6.45, 7) is 8.56. The Morgan fingerprint density at radius 2 is 2.12 bits per heavy atom. The van der Waals surface area contributed by atoms with E-state index in [2.05, 4.69) is 29.1 Å².